The minimum atomic E-state index is -0.834. The maximum atomic E-state index is 11.9. The van der Waals surface area contributed by atoms with Crippen LogP contribution in [0.3, 0.4) is 0 Å². The molecule has 0 radical (unpaired) electrons. The summed E-state index contributed by atoms with van der Waals surface area (Å²) in [5.74, 6) is -2.27. The number of carboxylic acid groups (broad SMARTS) is 1. The second kappa shape index (κ2) is 5.17. The number of hydrogen-bond acceptors (Lipinski definition) is 4. The molecule has 0 aliphatic heterocycles. The Hall–Kier alpha value is -2.24. The van der Waals surface area contributed by atoms with Crippen LogP contribution in [0.2, 0.25) is 0 Å². The van der Waals surface area contributed by atoms with E-state index in [-0.39, 0.29) is 29.0 Å². The van der Waals surface area contributed by atoms with Crippen LogP contribution in [0.1, 0.15) is 29.6 Å². The molecule has 1 aliphatic carbocycles. The standard InChI is InChI=1S/C13H15NO5/c15-10-4-2-7(6-11(10)16)12(17)14-9-3-1-8(5-9)13(18)19/h2,4,6,8-9,15-16H,1,3,5H2,(H,14,17)(H,18,19)/t8-,9+/m1/s1. The number of phenolic OH excluding ortho intramolecular Hbond substituents is 2. The molecule has 19 heavy (non-hydrogen) atoms. The number of hydrogen-bond donors (Lipinski definition) is 4. The van der Waals surface area contributed by atoms with Gasteiger partial charge in [-0.2, -0.15) is 0 Å². The first-order valence-corrected chi connectivity index (χ1v) is 6.03. The Morgan fingerprint density at radius 2 is 1.89 bits per heavy atom. The topological polar surface area (TPSA) is 107 Å². The molecule has 6 heteroatoms. The van der Waals surface area contributed by atoms with E-state index in [0.717, 1.165) is 0 Å². The maximum Gasteiger partial charge on any atom is 0.306 e. The van der Waals surface area contributed by atoms with Crippen LogP contribution >= 0.6 is 0 Å². The number of aromatic hydroxyl groups is 2. The SMILES string of the molecule is O=C(N[C@H]1CC[C@@H](C(=O)O)C1)c1ccc(O)c(O)c1. The largest absolute Gasteiger partial charge is 0.504 e. The lowest BCUT2D eigenvalue weighted by molar-refractivity contribution is -0.141. The van der Waals surface area contributed by atoms with Crippen molar-refractivity contribution in [1.29, 1.82) is 0 Å². The molecule has 0 spiro atoms. The van der Waals surface area contributed by atoms with Crippen LogP contribution in [-0.4, -0.2) is 33.2 Å². The van der Waals surface area contributed by atoms with Crippen molar-refractivity contribution in [2.24, 2.45) is 5.92 Å². The summed E-state index contributed by atoms with van der Waals surface area (Å²) in [5.41, 5.74) is 0.231. The predicted molar refractivity (Wildman–Crippen MR) is 66.0 cm³/mol. The monoisotopic (exact) mass is 265 g/mol. The van der Waals surface area contributed by atoms with E-state index in [9.17, 15) is 14.7 Å². The highest BCUT2D eigenvalue weighted by atomic mass is 16.4. The van der Waals surface area contributed by atoms with Gasteiger partial charge in [0.25, 0.3) is 5.91 Å². The van der Waals surface area contributed by atoms with Crippen LogP contribution in [-0.2, 0) is 4.79 Å². The normalized spacial score (nSPS) is 22.1. The number of carboxylic acids is 1. The number of carbonyl (C=O) groups is 2. The predicted octanol–water partition coefficient (Wildman–Crippen LogP) is 1.08. The molecule has 6 nitrogen and oxygen atoms in total. The lowest BCUT2D eigenvalue weighted by Crippen LogP contribution is -2.33. The smallest absolute Gasteiger partial charge is 0.306 e. The molecule has 1 fully saturated rings. The van der Waals surface area contributed by atoms with Gasteiger partial charge in [0.1, 0.15) is 0 Å². The first kappa shape index (κ1) is 13.2. The summed E-state index contributed by atoms with van der Waals surface area (Å²) in [6, 6.07) is 3.64. The number of amides is 1. The Balaban J connectivity index is 1.98. The molecule has 102 valence electrons. The molecule has 1 aliphatic rings. The Labute approximate surface area is 109 Å². The minimum Gasteiger partial charge on any atom is -0.504 e. The van der Waals surface area contributed by atoms with E-state index in [1.54, 1.807) is 0 Å². The molecule has 0 unspecified atom stereocenters. The van der Waals surface area contributed by atoms with Crippen molar-refractivity contribution >= 4 is 11.9 Å². The van der Waals surface area contributed by atoms with Crippen molar-refractivity contribution in [3.63, 3.8) is 0 Å². The van der Waals surface area contributed by atoms with E-state index in [1.807, 2.05) is 0 Å². The van der Waals surface area contributed by atoms with Crippen molar-refractivity contribution in [3.05, 3.63) is 23.8 Å². The highest BCUT2D eigenvalue weighted by Gasteiger charge is 2.30. The average molecular weight is 265 g/mol. The van der Waals surface area contributed by atoms with Gasteiger partial charge < -0.3 is 20.6 Å². The first-order chi connectivity index (χ1) is 8.97. The number of benzene rings is 1. The summed E-state index contributed by atoms with van der Waals surface area (Å²) in [7, 11) is 0. The Kier molecular flexibility index (Phi) is 3.59. The molecule has 1 saturated carbocycles. The quantitative estimate of drug-likeness (QED) is 0.612. The van der Waals surface area contributed by atoms with E-state index in [0.29, 0.717) is 19.3 Å². The second-order valence-corrected chi connectivity index (χ2v) is 4.72. The summed E-state index contributed by atoms with van der Waals surface area (Å²) in [6.45, 7) is 0. The third-order valence-corrected chi connectivity index (χ3v) is 3.35. The second-order valence-electron chi connectivity index (χ2n) is 4.72. The van der Waals surface area contributed by atoms with Crippen LogP contribution in [0.15, 0.2) is 18.2 Å². The molecule has 1 amide bonds. The molecule has 2 rings (SSSR count). The van der Waals surface area contributed by atoms with Crippen LogP contribution in [0.5, 0.6) is 11.5 Å². The molecular weight excluding hydrogens is 250 g/mol. The first-order valence-electron chi connectivity index (χ1n) is 6.03. The third-order valence-electron chi connectivity index (χ3n) is 3.35. The minimum absolute atomic E-state index is 0.162. The van der Waals surface area contributed by atoms with E-state index >= 15 is 0 Å². The summed E-state index contributed by atoms with van der Waals surface area (Å²) in [5, 5.41) is 30.1. The van der Waals surface area contributed by atoms with Gasteiger partial charge in [0.15, 0.2) is 11.5 Å². The molecule has 1 aromatic carbocycles. The van der Waals surface area contributed by atoms with Crippen LogP contribution < -0.4 is 5.32 Å². The fraction of sp³-hybridized carbons (Fsp3) is 0.385. The summed E-state index contributed by atoms with van der Waals surface area (Å²) >= 11 is 0. The van der Waals surface area contributed by atoms with Crippen LogP contribution in [0.25, 0.3) is 0 Å². The van der Waals surface area contributed by atoms with E-state index in [2.05, 4.69) is 5.32 Å². The van der Waals surface area contributed by atoms with Crippen molar-refractivity contribution in [2.75, 3.05) is 0 Å². The van der Waals surface area contributed by atoms with Gasteiger partial charge >= 0.3 is 5.97 Å². The van der Waals surface area contributed by atoms with E-state index in [1.165, 1.54) is 18.2 Å². The number of rotatable bonds is 3. The zero-order chi connectivity index (χ0) is 14.0. The third kappa shape index (κ3) is 2.96. The molecule has 0 bridgehead atoms. The molecule has 1 aromatic rings. The maximum absolute atomic E-state index is 11.9. The van der Waals surface area contributed by atoms with Gasteiger partial charge in [0.2, 0.25) is 0 Å². The fourth-order valence-electron chi connectivity index (χ4n) is 2.27. The molecule has 0 saturated heterocycles. The number of carbonyl (C=O) groups excluding carboxylic acids is 1. The van der Waals surface area contributed by atoms with E-state index in [4.69, 9.17) is 10.2 Å². The molecular formula is C13H15NO5. The van der Waals surface area contributed by atoms with Gasteiger partial charge in [-0.15, -0.1) is 0 Å². The highest BCUT2D eigenvalue weighted by Crippen LogP contribution is 2.27. The Morgan fingerprint density at radius 1 is 1.16 bits per heavy atom. The molecule has 2 atom stereocenters. The molecule has 0 aromatic heterocycles. The summed E-state index contributed by atoms with van der Waals surface area (Å²) < 4.78 is 0. The van der Waals surface area contributed by atoms with Crippen molar-refractivity contribution < 1.29 is 24.9 Å². The van der Waals surface area contributed by atoms with Crippen LogP contribution in [0, 0.1) is 5.92 Å². The molecule has 0 heterocycles. The lowest BCUT2D eigenvalue weighted by atomic mass is 10.1. The van der Waals surface area contributed by atoms with Gasteiger partial charge in [0.05, 0.1) is 5.92 Å². The van der Waals surface area contributed by atoms with Crippen molar-refractivity contribution in [3.8, 4) is 11.5 Å². The van der Waals surface area contributed by atoms with Crippen LogP contribution in [0.4, 0.5) is 0 Å². The summed E-state index contributed by atoms with van der Waals surface area (Å²) in [6.07, 6.45) is 1.61. The molecule has 4 N–H and O–H groups in total. The van der Waals surface area contributed by atoms with Gasteiger partial charge in [-0.1, -0.05) is 0 Å². The zero-order valence-electron chi connectivity index (χ0n) is 10.2. The number of phenols is 2. The van der Waals surface area contributed by atoms with Gasteiger partial charge in [-0.3, -0.25) is 9.59 Å². The van der Waals surface area contributed by atoms with Crippen molar-refractivity contribution in [1.82, 2.24) is 5.32 Å². The highest BCUT2D eigenvalue weighted by molar-refractivity contribution is 5.95. The lowest BCUT2D eigenvalue weighted by Gasteiger charge is -2.12. The Morgan fingerprint density at radius 3 is 2.47 bits per heavy atom. The number of aliphatic carboxylic acids is 1. The van der Waals surface area contributed by atoms with Crippen molar-refractivity contribution in [2.45, 2.75) is 25.3 Å². The summed E-state index contributed by atoms with van der Waals surface area (Å²) in [4.78, 5) is 22.7. The van der Waals surface area contributed by atoms with Gasteiger partial charge in [0, 0.05) is 11.6 Å². The van der Waals surface area contributed by atoms with Gasteiger partial charge in [-0.25, -0.2) is 0 Å². The zero-order valence-corrected chi connectivity index (χ0v) is 10.2. The van der Waals surface area contributed by atoms with Gasteiger partial charge in [-0.05, 0) is 37.5 Å². The van der Waals surface area contributed by atoms with E-state index < -0.39 is 11.9 Å². The number of nitrogens with one attached hydrogen (secondary N) is 1. The average Bonchev–Trinajstić information content (AvgIpc) is 2.81. The Bertz CT molecular complexity index is 514. The fourth-order valence-corrected chi connectivity index (χ4v) is 2.27.